The maximum atomic E-state index is 12.6. The first-order valence-electron chi connectivity index (χ1n) is 9.02. The molecule has 0 spiro atoms. The van der Waals surface area contributed by atoms with Crippen molar-refractivity contribution >= 4 is 12.1 Å². The fraction of sp³-hybridized carbons (Fsp3) is 0.500. The normalized spacial score (nSPS) is 26.4. The van der Waals surface area contributed by atoms with E-state index in [0.717, 1.165) is 36.8 Å². The monoisotopic (exact) mass is 339 g/mol. The van der Waals surface area contributed by atoms with Crippen molar-refractivity contribution in [3.8, 4) is 6.07 Å². The molecule has 2 amide bonds. The molecule has 1 saturated carbocycles. The highest BCUT2D eigenvalue weighted by atomic mass is 16.3. The number of carbonyl (C=O) groups is 1. The molecule has 0 bridgehead atoms. The van der Waals surface area contributed by atoms with E-state index in [1.165, 1.54) is 4.90 Å². The third-order valence-electron chi connectivity index (χ3n) is 5.35. The van der Waals surface area contributed by atoms with Crippen molar-refractivity contribution in [3.63, 3.8) is 0 Å². The summed E-state index contributed by atoms with van der Waals surface area (Å²) in [5, 5.41) is 22.6. The molecule has 2 aliphatic rings. The molecule has 2 fully saturated rings. The molecule has 2 N–H and O–H groups in total. The van der Waals surface area contributed by atoms with Gasteiger partial charge in [0, 0.05) is 12.0 Å². The largest absolute Gasteiger partial charge is 0.394 e. The molecular weight excluding hydrogens is 314 g/mol. The fourth-order valence-corrected chi connectivity index (χ4v) is 4.12. The van der Waals surface area contributed by atoms with Gasteiger partial charge in [-0.15, -0.1) is 0 Å². The van der Waals surface area contributed by atoms with Gasteiger partial charge in [0.25, 0.3) is 0 Å². The van der Waals surface area contributed by atoms with Crippen molar-refractivity contribution in [2.24, 2.45) is 0 Å². The quantitative estimate of drug-likeness (QED) is 0.885. The number of aliphatic hydroxyl groups excluding tert-OH is 1. The summed E-state index contributed by atoms with van der Waals surface area (Å²) < 4.78 is 0. The topological polar surface area (TPSA) is 76.4 Å². The summed E-state index contributed by atoms with van der Waals surface area (Å²) in [6.45, 7) is 1.80. The first-order chi connectivity index (χ1) is 12.2. The van der Waals surface area contributed by atoms with Gasteiger partial charge in [-0.05, 0) is 30.9 Å². The van der Waals surface area contributed by atoms with Crippen LogP contribution in [0.1, 0.15) is 49.7 Å². The van der Waals surface area contributed by atoms with Crippen LogP contribution in [0.15, 0.2) is 30.3 Å². The van der Waals surface area contributed by atoms with Crippen molar-refractivity contribution in [3.05, 3.63) is 41.5 Å². The molecule has 0 aromatic heterocycles. The van der Waals surface area contributed by atoms with Crippen molar-refractivity contribution in [1.29, 1.82) is 5.26 Å². The summed E-state index contributed by atoms with van der Waals surface area (Å²) in [6.07, 6.45) is 8.21. The van der Waals surface area contributed by atoms with Crippen LogP contribution in [0, 0.1) is 11.3 Å². The lowest BCUT2D eigenvalue weighted by atomic mass is 9.74. The van der Waals surface area contributed by atoms with Gasteiger partial charge in [0.2, 0.25) is 0 Å². The Labute approximate surface area is 148 Å². The molecule has 0 unspecified atom stereocenters. The second-order valence-electron chi connectivity index (χ2n) is 6.82. The second-order valence-corrected chi connectivity index (χ2v) is 6.82. The number of nitriles is 1. The molecule has 5 heteroatoms. The van der Waals surface area contributed by atoms with E-state index in [1.54, 1.807) is 0 Å². The lowest BCUT2D eigenvalue weighted by Gasteiger charge is -2.51. The van der Waals surface area contributed by atoms with Gasteiger partial charge in [0.05, 0.1) is 18.7 Å². The van der Waals surface area contributed by atoms with Crippen LogP contribution in [-0.4, -0.2) is 40.8 Å². The maximum Gasteiger partial charge on any atom is 0.319 e. The Morgan fingerprint density at radius 3 is 2.76 bits per heavy atom. The number of likely N-dealkylation sites (tertiary alicyclic amines) is 1. The predicted molar refractivity (Wildman–Crippen MR) is 96.8 cm³/mol. The van der Waals surface area contributed by atoms with Gasteiger partial charge in [-0.2, -0.15) is 5.26 Å². The molecular formula is C20H25N3O2. The lowest BCUT2D eigenvalue weighted by molar-refractivity contribution is 0.0158. The van der Waals surface area contributed by atoms with Crippen LogP contribution in [-0.2, 0) is 0 Å². The van der Waals surface area contributed by atoms with Gasteiger partial charge in [0.15, 0.2) is 0 Å². The molecule has 5 nitrogen and oxygen atoms in total. The first-order valence-corrected chi connectivity index (χ1v) is 9.02. The van der Waals surface area contributed by atoms with Gasteiger partial charge >= 0.3 is 6.03 Å². The molecule has 25 heavy (non-hydrogen) atoms. The Hall–Kier alpha value is -2.32. The zero-order chi connectivity index (χ0) is 17.8. The number of carbonyl (C=O) groups excluding carboxylic acids is 1. The highest BCUT2D eigenvalue weighted by Crippen LogP contribution is 2.42. The van der Waals surface area contributed by atoms with E-state index >= 15 is 0 Å². The highest BCUT2D eigenvalue weighted by molar-refractivity contribution is 5.78. The Morgan fingerprint density at radius 2 is 2.12 bits per heavy atom. The summed E-state index contributed by atoms with van der Waals surface area (Å²) >= 11 is 0. The summed E-state index contributed by atoms with van der Waals surface area (Å²) in [6, 6.07) is 9.20. The molecule has 1 aliphatic carbocycles. The minimum Gasteiger partial charge on any atom is -0.394 e. The average molecular weight is 339 g/mol. The number of hydrogen-bond acceptors (Lipinski definition) is 3. The van der Waals surface area contributed by atoms with E-state index in [9.17, 15) is 15.2 Å². The number of rotatable bonds is 4. The van der Waals surface area contributed by atoms with E-state index in [4.69, 9.17) is 0 Å². The molecule has 3 rings (SSSR count). The number of nitrogens with zero attached hydrogens (tertiary/aromatic N) is 2. The zero-order valence-corrected chi connectivity index (χ0v) is 14.6. The molecule has 1 aliphatic heterocycles. The Morgan fingerprint density at radius 1 is 1.40 bits per heavy atom. The van der Waals surface area contributed by atoms with Crippen LogP contribution in [0.25, 0.3) is 6.08 Å². The summed E-state index contributed by atoms with van der Waals surface area (Å²) in [5.74, 6) is -0.170. The van der Waals surface area contributed by atoms with Gasteiger partial charge in [-0.1, -0.05) is 49.3 Å². The summed E-state index contributed by atoms with van der Waals surface area (Å²) in [7, 11) is 0. The molecule has 132 valence electrons. The number of allylic oxidation sites excluding steroid dienone is 1. The molecule has 3 atom stereocenters. The SMILES string of the molecule is C/C=C/c1ccccc1[C@H]1[C@@H](C#N)N(C(=O)NC2CCCC2)[C@H]1CO. The number of aliphatic hydroxyl groups is 1. The van der Waals surface area contributed by atoms with E-state index in [2.05, 4.69) is 11.4 Å². The van der Waals surface area contributed by atoms with Gasteiger partial charge in [-0.25, -0.2) is 4.79 Å². The molecule has 1 aromatic rings. The Kier molecular flexibility index (Phi) is 5.40. The number of nitrogens with one attached hydrogen (secondary N) is 1. The van der Waals surface area contributed by atoms with Crippen LogP contribution in [0.2, 0.25) is 0 Å². The third kappa shape index (κ3) is 3.27. The average Bonchev–Trinajstić information content (AvgIpc) is 3.09. The predicted octanol–water partition coefficient (Wildman–Crippen LogP) is 3.02. The standard InChI is InChI=1S/C20H25N3O2/c1-2-7-14-8-3-6-11-16(14)19-17(12-21)23(18(19)13-24)20(25)22-15-9-4-5-10-15/h2-3,6-8,11,15,17-19,24H,4-5,9-10,13H2,1H3,(H,22,25)/b7-2+/t17-,18+,19+/m1/s1. The lowest BCUT2D eigenvalue weighted by Crippen LogP contribution is -2.67. The third-order valence-corrected chi connectivity index (χ3v) is 5.35. The summed E-state index contributed by atoms with van der Waals surface area (Å²) in [4.78, 5) is 14.2. The molecule has 0 radical (unpaired) electrons. The maximum absolute atomic E-state index is 12.6. The van der Waals surface area contributed by atoms with Crippen molar-refractivity contribution in [2.75, 3.05) is 6.61 Å². The number of benzene rings is 1. The second kappa shape index (κ2) is 7.71. The molecule has 1 saturated heterocycles. The van der Waals surface area contributed by atoms with E-state index < -0.39 is 6.04 Å². The molecule has 1 heterocycles. The summed E-state index contributed by atoms with van der Waals surface area (Å²) in [5.41, 5.74) is 2.04. The molecule has 1 aromatic carbocycles. The van der Waals surface area contributed by atoms with Gasteiger partial charge in [-0.3, -0.25) is 0 Å². The number of hydrogen-bond donors (Lipinski definition) is 2. The van der Waals surface area contributed by atoms with Crippen LogP contribution in [0.4, 0.5) is 4.79 Å². The first kappa shape index (κ1) is 17.5. The minimum atomic E-state index is -0.551. The van der Waals surface area contributed by atoms with Crippen molar-refractivity contribution in [2.45, 2.75) is 56.7 Å². The minimum absolute atomic E-state index is 0.148. The van der Waals surface area contributed by atoms with Crippen LogP contribution < -0.4 is 5.32 Å². The Bertz CT molecular complexity index is 688. The zero-order valence-electron chi connectivity index (χ0n) is 14.6. The highest BCUT2D eigenvalue weighted by Gasteiger charge is 2.52. The van der Waals surface area contributed by atoms with Crippen LogP contribution in [0.5, 0.6) is 0 Å². The van der Waals surface area contributed by atoms with Crippen LogP contribution >= 0.6 is 0 Å². The smallest absolute Gasteiger partial charge is 0.319 e. The van der Waals surface area contributed by atoms with Crippen LogP contribution in [0.3, 0.4) is 0 Å². The van der Waals surface area contributed by atoms with Gasteiger partial charge in [0.1, 0.15) is 6.04 Å². The van der Waals surface area contributed by atoms with E-state index in [-0.39, 0.29) is 30.6 Å². The number of amides is 2. The number of urea groups is 1. The van der Waals surface area contributed by atoms with Crippen molar-refractivity contribution in [1.82, 2.24) is 10.2 Å². The Balaban J connectivity index is 1.82. The van der Waals surface area contributed by atoms with E-state index in [1.807, 2.05) is 43.3 Å². The fourth-order valence-electron chi connectivity index (χ4n) is 4.12. The van der Waals surface area contributed by atoms with Crippen molar-refractivity contribution < 1.29 is 9.90 Å². The van der Waals surface area contributed by atoms with Gasteiger partial charge < -0.3 is 15.3 Å². The van der Waals surface area contributed by atoms with E-state index in [0.29, 0.717) is 0 Å².